The van der Waals surface area contributed by atoms with Gasteiger partial charge in [-0.3, -0.25) is 9.48 Å². The molecular formula is C23H23N5O3. The number of carbonyl (C=O) groups is 1. The predicted octanol–water partition coefficient (Wildman–Crippen LogP) is 3.92. The molecule has 1 aromatic carbocycles. The van der Waals surface area contributed by atoms with Gasteiger partial charge in [-0.05, 0) is 56.2 Å². The van der Waals surface area contributed by atoms with Crippen molar-refractivity contribution in [3.05, 3.63) is 59.5 Å². The van der Waals surface area contributed by atoms with Crippen molar-refractivity contribution in [1.29, 1.82) is 0 Å². The summed E-state index contributed by atoms with van der Waals surface area (Å²) in [4.78, 5) is 17.9. The lowest BCUT2D eigenvalue weighted by atomic mass is 10.0. The fourth-order valence-corrected chi connectivity index (χ4v) is 3.74. The number of aromatic nitrogens is 4. The van der Waals surface area contributed by atoms with Gasteiger partial charge < -0.3 is 14.6 Å². The summed E-state index contributed by atoms with van der Waals surface area (Å²) in [6, 6.07) is 11.3. The normalized spacial score (nSPS) is 13.5. The van der Waals surface area contributed by atoms with Crippen LogP contribution in [0.15, 0.2) is 47.1 Å². The molecule has 0 spiro atoms. The Bertz CT molecular complexity index is 1240. The average molecular weight is 417 g/mol. The predicted molar refractivity (Wildman–Crippen MR) is 115 cm³/mol. The summed E-state index contributed by atoms with van der Waals surface area (Å²) in [5, 5.41) is 12.2. The molecule has 0 atom stereocenters. The number of rotatable bonds is 7. The standard InChI is InChI=1S/C23H23N5O3/c1-3-28-16(10-11-25-28)13-24-22(29)18-12-19(14-4-5-14)26-23-20(18)21(27-31-23)15-6-8-17(30-2)9-7-15/h6-12,14H,3-5,13H2,1-2H3,(H,24,29). The minimum absolute atomic E-state index is 0.184. The number of nitrogens with one attached hydrogen (secondary N) is 1. The Hall–Kier alpha value is -3.68. The summed E-state index contributed by atoms with van der Waals surface area (Å²) in [6.07, 6.45) is 3.89. The molecule has 0 radical (unpaired) electrons. The highest BCUT2D eigenvalue weighted by atomic mass is 16.5. The van der Waals surface area contributed by atoms with Crippen LogP contribution in [0.2, 0.25) is 0 Å². The van der Waals surface area contributed by atoms with Crippen LogP contribution in [0.5, 0.6) is 5.75 Å². The number of hydrogen-bond donors (Lipinski definition) is 1. The van der Waals surface area contributed by atoms with E-state index in [-0.39, 0.29) is 5.91 Å². The quantitative estimate of drug-likeness (QED) is 0.490. The van der Waals surface area contributed by atoms with Crippen LogP contribution < -0.4 is 10.1 Å². The summed E-state index contributed by atoms with van der Waals surface area (Å²) in [6.45, 7) is 3.15. The molecule has 0 aliphatic heterocycles. The lowest BCUT2D eigenvalue weighted by Crippen LogP contribution is -2.25. The number of aryl methyl sites for hydroxylation is 1. The Kier molecular flexibility index (Phi) is 4.89. The molecule has 8 heteroatoms. The molecule has 1 fully saturated rings. The van der Waals surface area contributed by atoms with Crippen molar-refractivity contribution < 1.29 is 14.1 Å². The van der Waals surface area contributed by atoms with E-state index in [1.807, 2.05) is 48.0 Å². The van der Waals surface area contributed by atoms with E-state index in [1.54, 1.807) is 13.3 Å². The van der Waals surface area contributed by atoms with Crippen LogP contribution in [0.1, 0.15) is 47.4 Å². The van der Waals surface area contributed by atoms with Crippen LogP contribution in [-0.2, 0) is 13.1 Å². The summed E-state index contributed by atoms with van der Waals surface area (Å²) in [7, 11) is 1.62. The lowest BCUT2D eigenvalue weighted by Gasteiger charge is -2.09. The number of methoxy groups -OCH3 is 1. The zero-order chi connectivity index (χ0) is 21.4. The highest BCUT2D eigenvalue weighted by Crippen LogP contribution is 2.41. The number of hydrogen-bond acceptors (Lipinski definition) is 6. The number of fused-ring (bicyclic) bond motifs is 1. The second-order valence-corrected chi connectivity index (χ2v) is 7.63. The van der Waals surface area contributed by atoms with E-state index >= 15 is 0 Å². The molecule has 0 unspecified atom stereocenters. The van der Waals surface area contributed by atoms with Crippen molar-refractivity contribution in [1.82, 2.24) is 25.2 Å². The number of nitrogens with zero attached hydrogens (tertiary/aromatic N) is 4. The van der Waals surface area contributed by atoms with E-state index in [9.17, 15) is 4.79 Å². The molecule has 3 aromatic heterocycles. The van der Waals surface area contributed by atoms with Crippen molar-refractivity contribution in [2.75, 3.05) is 7.11 Å². The Labute approximate surface area is 179 Å². The third-order valence-electron chi connectivity index (χ3n) is 5.60. The molecule has 4 aromatic rings. The Balaban J connectivity index is 1.54. The zero-order valence-corrected chi connectivity index (χ0v) is 17.5. The molecule has 1 saturated carbocycles. The van der Waals surface area contributed by atoms with Crippen LogP contribution in [0.3, 0.4) is 0 Å². The van der Waals surface area contributed by atoms with Gasteiger partial charge in [-0.2, -0.15) is 5.10 Å². The van der Waals surface area contributed by atoms with E-state index in [1.165, 1.54) is 0 Å². The fraction of sp³-hybridized carbons (Fsp3) is 0.304. The number of ether oxygens (including phenoxy) is 1. The van der Waals surface area contributed by atoms with Crippen LogP contribution in [0.4, 0.5) is 0 Å². The third-order valence-corrected chi connectivity index (χ3v) is 5.60. The highest BCUT2D eigenvalue weighted by molar-refractivity contribution is 6.09. The third kappa shape index (κ3) is 3.65. The zero-order valence-electron chi connectivity index (χ0n) is 17.5. The van der Waals surface area contributed by atoms with Crippen molar-refractivity contribution in [3.63, 3.8) is 0 Å². The van der Waals surface area contributed by atoms with E-state index in [0.717, 1.165) is 42.1 Å². The smallest absolute Gasteiger partial charge is 0.259 e. The first-order valence-electron chi connectivity index (χ1n) is 10.4. The van der Waals surface area contributed by atoms with Crippen molar-refractivity contribution >= 4 is 17.0 Å². The largest absolute Gasteiger partial charge is 0.497 e. The number of amides is 1. The molecular weight excluding hydrogens is 394 g/mol. The van der Waals surface area contributed by atoms with Crippen molar-refractivity contribution in [2.45, 2.75) is 38.8 Å². The lowest BCUT2D eigenvalue weighted by molar-refractivity contribution is 0.0951. The minimum atomic E-state index is -0.184. The summed E-state index contributed by atoms with van der Waals surface area (Å²) < 4.78 is 12.7. The second kappa shape index (κ2) is 7.86. The number of carbonyl (C=O) groups excluding carboxylic acids is 1. The molecule has 158 valence electrons. The Morgan fingerprint density at radius 1 is 1.26 bits per heavy atom. The second-order valence-electron chi connectivity index (χ2n) is 7.63. The molecule has 5 rings (SSSR count). The van der Waals surface area contributed by atoms with Gasteiger partial charge in [0.2, 0.25) is 0 Å². The molecule has 0 saturated heterocycles. The monoisotopic (exact) mass is 417 g/mol. The van der Waals surface area contributed by atoms with Gasteiger partial charge in [0.1, 0.15) is 11.4 Å². The first-order chi connectivity index (χ1) is 15.2. The van der Waals surface area contributed by atoms with Gasteiger partial charge in [0, 0.05) is 29.9 Å². The van der Waals surface area contributed by atoms with E-state index in [0.29, 0.717) is 34.8 Å². The van der Waals surface area contributed by atoms with Gasteiger partial charge in [0.25, 0.3) is 11.6 Å². The van der Waals surface area contributed by atoms with Crippen molar-refractivity contribution in [2.24, 2.45) is 0 Å². The van der Waals surface area contributed by atoms with Crippen LogP contribution >= 0.6 is 0 Å². The molecule has 1 N–H and O–H groups in total. The van der Waals surface area contributed by atoms with Gasteiger partial charge in [-0.1, -0.05) is 5.16 Å². The average Bonchev–Trinajstić information content (AvgIpc) is 3.41. The molecule has 1 amide bonds. The Morgan fingerprint density at radius 2 is 2.06 bits per heavy atom. The fourth-order valence-electron chi connectivity index (χ4n) is 3.74. The first-order valence-corrected chi connectivity index (χ1v) is 10.4. The molecule has 0 bridgehead atoms. The molecule has 31 heavy (non-hydrogen) atoms. The highest BCUT2D eigenvalue weighted by Gasteiger charge is 2.29. The van der Waals surface area contributed by atoms with Gasteiger partial charge in [-0.25, -0.2) is 4.98 Å². The van der Waals surface area contributed by atoms with Crippen molar-refractivity contribution in [3.8, 4) is 17.0 Å². The minimum Gasteiger partial charge on any atom is -0.497 e. The first kappa shape index (κ1) is 19.3. The van der Waals surface area contributed by atoms with E-state index in [2.05, 4.69) is 20.6 Å². The number of pyridine rings is 1. The molecule has 8 nitrogen and oxygen atoms in total. The maximum atomic E-state index is 13.3. The number of benzene rings is 1. The molecule has 1 aliphatic carbocycles. The summed E-state index contributed by atoms with van der Waals surface area (Å²) in [5.41, 5.74) is 4.17. The van der Waals surface area contributed by atoms with Crippen LogP contribution in [0, 0.1) is 0 Å². The summed E-state index contributed by atoms with van der Waals surface area (Å²) >= 11 is 0. The molecule has 1 aliphatic rings. The Morgan fingerprint density at radius 3 is 2.77 bits per heavy atom. The molecule has 3 heterocycles. The van der Waals surface area contributed by atoms with Gasteiger partial charge >= 0.3 is 0 Å². The maximum Gasteiger partial charge on any atom is 0.259 e. The van der Waals surface area contributed by atoms with Gasteiger partial charge in [-0.15, -0.1) is 0 Å². The van der Waals surface area contributed by atoms with Gasteiger partial charge in [0.15, 0.2) is 0 Å². The van der Waals surface area contributed by atoms with Crippen LogP contribution in [-0.4, -0.2) is 32.9 Å². The van der Waals surface area contributed by atoms with E-state index in [4.69, 9.17) is 9.26 Å². The van der Waals surface area contributed by atoms with Crippen LogP contribution in [0.25, 0.3) is 22.4 Å². The van der Waals surface area contributed by atoms with Gasteiger partial charge in [0.05, 0.1) is 30.3 Å². The van der Waals surface area contributed by atoms with E-state index < -0.39 is 0 Å². The maximum absolute atomic E-state index is 13.3. The SMILES string of the molecule is CCn1nccc1CNC(=O)c1cc(C2CC2)nc2onc(-c3ccc(OC)cc3)c12. The summed E-state index contributed by atoms with van der Waals surface area (Å²) in [5.74, 6) is 0.944. The topological polar surface area (TPSA) is 95.1 Å².